The highest BCUT2D eigenvalue weighted by Gasteiger charge is 2.41. The molecule has 0 aromatic carbocycles. The third-order valence-electron chi connectivity index (χ3n) is 1.45. The van der Waals surface area contributed by atoms with Gasteiger partial charge in [0.2, 0.25) is 5.91 Å². The van der Waals surface area contributed by atoms with E-state index >= 15 is 0 Å². The van der Waals surface area contributed by atoms with Crippen molar-refractivity contribution in [2.45, 2.75) is 18.4 Å². The minimum absolute atomic E-state index is 0.444. The quantitative estimate of drug-likeness (QED) is 0.528. The van der Waals surface area contributed by atoms with Gasteiger partial charge in [-0.15, -0.1) is 0 Å². The van der Waals surface area contributed by atoms with Gasteiger partial charge in [0.25, 0.3) is 5.92 Å². The number of hydrogen-bond acceptors (Lipinski definition) is 2. The molecule has 3 nitrogen and oxygen atoms in total. The van der Waals surface area contributed by atoms with Crippen LogP contribution in [0.4, 0.5) is 8.78 Å². The van der Waals surface area contributed by atoms with E-state index < -0.39 is 30.8 Å². The van der Waals surface area contributed by atoms with E-state index in [1.807, 2.05) is 0 Å². The summed E-state index contributed by atoms with van der Waals surface area (Å²) in [5.74, 6) is -3.48. The Balaban J connectivity index is 2.51. The Labute approximate surface area is 56.6 Å². The zero-order valence-electron chi connectivity index (χ0n) is 5.23. The molecule has 10 heavy (non-hydrogen) atoms. The molecule has 0 aromatic rings. The number of alkyl halides is 2. The fraction of sp³-hybridized carbons (Fsp3) is 0.800. The van der Waals surface area contributed by atoms with E-state index in [1.54, 1.807) is 0 Å². The Morgan fingerprint density at radius 1 is 1.70 bits per heavy atom. The van der Waals surface area contributed by atoms with E-state index in [0.29, 0.717) is 0 Å². The smallest absolute Gasteiger partial charge is 0.262 e. The molecule has 0 aromatic heterocycles. The molecule has 1 aliphatic heterocycles. The molecule has 1 atom stereocenters. The Bertz CT molecular complexity index is 160. The van der Waals surface area contributed by atoms with Crippen LogP contribution in [0.1, 0.15) is 6.42 Å². The zero-order chi connectivity index (χ0) is 7.78. The van der Waals surface area contributed by atoms with E-state index in [9.17, 15) is 13.6 Å². The molecule has 0 aliphatic carbocycles. The summed E-state index contributed by atoms with van der Waals surface area (Å²) in [6, 6.07) is -0.852. The van der Waals surface area contributed by atoms with Crippen LogP contribution >= 0.6 is 0 Å². The summed E-state index contributed by atoms with van der Waals surface area (Å²) in [5.41, 5.74) is 4.78. The van der Waals surface area contributed by atoms with Crippen molar-refractivity contribution in [1.82, 2.24) is 5.32 Å². The Kier molecular flexibility index (Phi) is 1.60. The maximum absolute atomic E-state index is 12.3. The number of primary amides is 1. The minimum atomic E-state index is -2.76. The Morgan fingerprint density at radius 2 is 2.30 bits per heavy atom. The van der Waals surface area contributed by atoms with Crippen LogP contribution in [0, 0.1) is 0 Å². The molecule has 1 saturated heterocycles. The van der Waals surface area contributed by atoms with Crippen LogP contribution < -0.4 is 11.1 Å². The first-order valence-electron chi connectivity index (χ1n) is 2.92. The van der Waals surface area contributed by atoms with Gasteiger partial charge >= 0.3 is 0 Å². The highest BCUT2D eigenvalue weighted by molar-refractivity contribution is 5.80. The molecule has 0 radical (unpaired) electrons. The van der Waals surface area contributed by atoms with Gasteiger partial charge in [0.1, 0.15) is 0 Å². The van der Waals surface area contributed by atoms with Crippen LogP contribution in [0.5, 0.6) is 0 Å². The average Bonchev–Trinajstić information content (AvgIpc) is 2.10. The lowest BCUT2D eigenvalue weighted by molar-refractivity contribution is -0.120. The minimum Gasteiger partial charge on any atom is -0.368 e. The Morgan fingerprint density at radius 3 is 2.50 bits per heavy atom. The lowest BCUT2D eigenvalue weighted by atomic mass is 10.2. The first kappa shape index (κ1) is 7.40. The molecule has 58 valence electrons. The van der Waals surface area contributed by atoms with Gasteiger partial charge in [-0.2, -0.15) is 0 Å². The van der Waals surface area contributed by atoms with E-state index in [1.165, 1.54) is 0 Å². The average molecular weight is 150 g/mol. The molecule has 0 unspecified atom stereocenters. The summed E-state index contributed by atoms with van der Waals surface area (Å²) in [4.78, 5) is 10.3. The molecule has 0 bridgehead atoms. The predicted octanol–water partition coefficient (Wildman–Crippen LogP) is -0.531. The number of amides is 1. The van der Waals surface area contributed by atoms with Crippen LogP contribution in [0.15, 0.2) is 0 Å². The van der Waals surface area contributed by atoms with E-state index in [4.69, 9.17) is 5.73 Å². The van der Waals surface area contributed by atoms with Gasteiger partial charge in [-0.1, -0.05) is 0 Å². The first-order chi connectivity index (χ1) is 4.51. The Hall–Kier alpha value is -0.710. The van der Waals surface area contributed by atoms with Crippen LogP contribution in [-0.2, 0) is 4.79 Å². The molecule has 0 spiro atoms. The van der Waals surface area contributed by atoms with Gasteiger partial charge < -0.3 is 5.73 Å². The van der Waals surface area contributed by atoms with Crippen molar-refractivity contribution in [3.8, 4) is 0 Å². The second-order valence-electron chi connectivity index (χ2n) is 2.40. The number of carbonyl (C=O) groups excluding carboxylic acids is 1. The molecule has 5 heteroatoms. The number of carbonyl (C=O) groups is 1. The zero-order valence-corrected chi connectivity index (χ0v) is 5.23. The van der Waals surface area contributed by atoms with Gasteiger partial charge in [0.15, 0.2) is 0 Å². The number of rotatable bonds is 1. The fourth-order valence-electron chi connectivity index (χ4n) is 0.917. The second kappa shape index (κ2) is 2.16. The van der Waals surface area contributed by atoms with Crippen LogP contribution in [0.25, 0.3) is 0 Å². The normalized spacial score (nSPS) is 30.4. The summed E-state index contributed by atoms with van der Waals surface area (Å²) >= 11 is 0. The van der Waals surface area contributed by atoms with Crippen molar-refractivity contribution in [2.75, 3.05) is 6.54 Å². The van der Waals surface area contributed by atoms with Crippen LogP contribution in [0.3, 0.4) is 0 Å². The number of halogens is 2. The number of nitrogens with two attached hydrogens (primary N) is 1. The van der Waals surface area contributed by atoms with Gasteiger partial charge in [0.05, 0.1) is 12.6 Å². The standard InChI is InChI=1S/C5H8F2N2O/c6-5(7)1-3(4(8)10)9-2-5/h3,9H,1-2H2,(H2,8,10)/t3-/m1/s1. The molecule has 1 amide bonds. The van der Waals surface area contributed by atoms with E-state index in [2.05, 4.69) is 5.32 Å². The van der Waals surface area contributed by atoms with Crippen molar-refractivity contribution in [3.63, 3.8) is 0 Å². The van der Waals surface area contributed by atoms with Gasteiger partial charge in [0, 0.05) is 6.42 Å². The van der Waals surface area contributed by atoms with Gasteiger partial charge in [-0.05, 0) is 0 Å². The summed E-state index contributed by atoms with van der Waals surface area (Å²) in [6.45, 7) is -0.444. The molecule has 1 rings (SSSR count). The summed E-state index contributed by atoms with van der Waals surface area (Å²) in [6.07, 6.45) is -0.470. The van der Waals surface area contributed by atoms with Gasteiger partial charge in [-0.25, -0.2) is 8.78 Å². The second-order valence-corrected chi connectivity index (χ2v) is 2.40. The van der Waals surface area contributed by atoms with Gasteiger partial charge in [-0.3, -0.25) is 10.1 Å². The predicted molar refractivity (Wildman–Crippen MR) is 30.5 cm³/mol. The molecule has 3 N–H and O–H groups in total. The van der Waals surface area contributed by atoms with Crippen molar-refractivity contribution < 1.29 is 13.6 Å². The van der Waals surface area contributed by atoms with Crippen molar-refractivity contribution in [1.29, 1.82) is 0 Å². The molecular weight excluding hydrogens is 142 g/mol. The summed E-state index contributed by atoms with van der Waals surface area (Å²) in [7, 11) is 0. The topological polar surface area (TPSA) is 55.1 Å². The van der Waals surface area contributed by atoms with Crippen molar-refractivity contribution in [2.24, 2.45) is 5.73 Å². The van der Waals surface area contributed by atoms with Crippen molar-refractivity contribution >= 4 is 5.91 Å². The maximum atomic E-state index is 12.3. The maximum Gasteiger partial charge on any atom is 0.262 e. The van der Waals surface area contributed by atoms with E-state index in [-0.39, 0.29) is 0 Å². The molecule has 1 aliphatic rings. The molecule has 1 fully saturated rings. The van der Waals surface area contributed by atoms with Crippen molar-refractivity contribution in [3.05, 3.63) is 0 Å². The summed E-state index contributed by atoms with van der Waals surface area (Å²) < 4.78 is 24.6. The number of hydrogen-bond donors (Lipinski definition) is 2. The SMILES string of the molecule is NC(=O)[C@H]1CC(F)(F)CN1. The largest absolute Gasteiger partial charge is 0.368 e. The molecule has 1 heterocycles. The highest BCUT2D eigenvalue weighted by atomic mass is 19.3. The molecule has 0 saturated carbocycles. The van der Waals surface area contributed by atoms with E-state index in [0.717, 1.165) is 0 Å². The first-order valence-corrected chi connectivity index (χ1v) is 2.92. The fourth-order valence-corrected chi connectivity index (χ4v) is 0.917. The lowest BCUT2D eigenvalue weighted by Crippen LogP contribution is -2.36. The third-order valence-corrected chi connectivity index (χ3v) is 1.45. The molecular formula is C5H8F2N2O. The third kappa shape index (κ3) is 1.41. The van der Waals surface area contributed by atoms with Crippen LogP contribution in [0.2, 0.25) is 0 Å². The monoisotopic (exact) mass is 150 g/mol. The lowest BCUT2D eigenvalue weighted by Gasteiger charge is -2.04. The number of nitrogens with one attached hydrogen (secondary N) is 1. The highest BCUT2D eigenvalue weighted by Crippen LogP contribution is 2.24. The summed E-state index contributed by atoms with van der Waals surface area (Å²) in [5, 5.41) is 2.32. The van der Waals surface area contributed by atoms with Crippen LogP contribution in [-0.4, -0.2) is 24.4 Å².